The number of halogens is 1. The van der Waals surface area contributed by atoms with Crippen LogP contribution in [0.4, 0.5) is 4.39 Å². The Morgan fingerprint density at radius 1 is 1.15 bits per heavy atom. The van der Waals surface area contributed by atoms with Gasteiger partial charge in [-0.3, -0.25) is 13.9 Å². The van der Waals surface area contributed by atoms with E-state index in [4.69, 9.17) is 4.74 Å². The first-order chi connectivity index (χ1) is 12.5. The first kappa shape index (κ1) is 17.8. The highest BCUT2D eigenvalue weighted by molar-refractivity contribution is 5.82. The summed E-state index contributed by atoms with van der Waals surface area (Å²) in [6.07, 6.45) is 2.25. The van der Waals surface area contributed by atoms with E-state index in [0.29, 0.717) is 18.8 Å². The van der Waals surface area contributed by atoms with Crippen molar-refractivity contribution in [1.29, 1.82) is 0 Å². The molecule has 2 aromatic heterocycles. The second kappa shape index (κ2) is 7.11. The van der Waals surface area contributed by atoms with Gasteiger partial charge < -0.3 is 4.74 Å². The number of pyridine rings is 1. The van der Waals surface area contributed by atoms with Crippen molar-refractivity contribution in [3.63, 3.8) is 0 Å². The molecule has 7 heteroatoms. The lowest BCUT2D eigenvalue weighted by Crippen LogP contribution is -2.40. The number of nitrogens with zero attached hydrogens (tertiary/aromatic N) is 3. The summed E-state index contributed by atoms with van der Waals surface area (Å²) in [5.41, 5.74) is 0.226. The summed E-state index contributed by atoms with van der Waals surface area (Å²) in [7, 11) is 1.54. The number of ether oxygens (including phenoxy) is 1. The molecule has 0 radical (unpaired) electrons. The van der Waals surface area contributed by atoms with Gasteiger partial charge in [0.2, 0.25) is 0 Å². The molecule has 0 bridgehead atoms. The molecule has 0 saturated carbocycles. The molecule has 0 saturated heterocycles. The molecule has 0 unspecified atom stereocenters. The summed E-state index contributed by atoms with van der Waals surface area (Å²) in [5.74, 6) is -0.0325. The molecule has 3 aromatic rings. The maximum Gasteiger partial charge on any atom is 0.332 e. The van der Waals surface area contributed by atoms with Crippen LogP contribution in [0.3, 0.4) is 0 Å². The number of hydrogen-bond donors (Lipinski definition) is 0. The summed E-state index contributed by atoms with van der Waals surface area (Å²) in [6.45, 7) is 3.98. The molecule has 0 aliphatic carbocycles. The zero-order valence-electron chi connectivity index (χ0n) is 15.0. The van der Waals surface area contributed by atoms with Gasteiger partial charge in [-0.25, -0.2) is 14.2 Å². The number of rotatable bonds is 5. The van der Waals surface area contributed by atoms with Gasteiger partial charge in [-0.15, -0.1) is 0 Å². The van der Waals surface area contributed by atoms with Crippen LogP contribution in [0, 0.1) is 5.82 Å². The van der Waals surface area contributed by atoms with E-state index >= 15 is 0 Å². The SMILES string of the molecule is CCOc1c(CC)cnc2c1c(=O)n(Cc1ccccc1F)c(=O)n2C. The van der Waals surface area contributed by atoms with E-state index in [1.165, 1.54) is 17.7 Å². The highest BCUT2D eigenvalue weighted by Crippen LogP contribution is 2.25. The van der Waals surface area contributed by atoms with Crippen LogP contribution in [-0.2, 0) is 20.0 Å². The second-order valence-corrected chi connectivity index (χ2v) is 5.92. The largest absolute Gasteiger partial charge is 0.493 e. The van der Waals surface area contributed by atoms with Crippen molar-refractivity contribution in [3.8, 4) is 5.75 Å². The van der Waals surface area contributed by atoms with E-state index in [2.05, 4.69) is 4.98 Å². The Hall–Kier alpha value is -2.96. The Bertz CT molecular complexity index is 1090. The quantitative estimate of drug-likeness (QED) is 0.702. The fourth-order valence-corrected chi connectivity index (χ4v) is 2.96. The lowest BCUT2D eigenvalue weighted by molar-refractivity contribution is 0.340. The molecular formula is C19H20FN3O3. The van der Waals surface area contributed by atoms with Gasteiger partial charge >= 0.3 is 5.69 Å². The topological polar surface area (TPSA) is 66.1 Å². The Morgan fingerprint density at radius 2 is 1.88 bits per heavy atom. The van der Waals surface area contributed by atoms with Crippen molar-refractivity contribution < 1.29 is 9.13 Å². The van der Waals surface area contributed by atoms with Crippen LogP contribution < -0.4 is 16.0 Å². The van der Waals surface area contributed by atoms with Crippen molar-refractivity contribution in [2.45, 2.75) is 26.8 Å². The summed E-state index contributed by atoms with van der Waals surface area (Å²) in [6, 6.07) is 6.08. The molecule has 136 valence electrons. The fourth-order valence-electron chi connectivity index (χ4n) is 2.96. The van der Waals surface area contributed by atoms with Crippen LogP contribution in [0.15, 0.2) is 40.1 Å². The smallest absolute Gasteiger partial charge is 0.332 e. The van der Waals surface area contributed by atoms with E-state index in [-0.39, 0.29) is 23.1 Å². The van der Waals surface area contributed by atoms with Gasteiger partial charge in [0.1, 0.15) is 17.0 Å². The molecule has 0 spiro atoms. The summed E-state index contributed by atoms with van der Waals surface area (Å²) < 4.78 is 22.0. The van der Waals surface area contributed by atoms with Crippen molar-refractivity contribution in [1.82, 2.24) is 14.1 Å². The first-order valence-corrected chi connectivity index (χ1v) is 8.47. The first-order valence-electron chi connectivity index (χ1n) is 8.47. The van der Waals surface area contributed by atoms with E-state index in [1.54, 1.807) is 24.4 Å². The molecule has 0 fully saturated rings. The molecule has 0 aliphatic heterocycles. The van der Waals surface area contributed by atoms with Crippen LogP contribution in [-0.4, -0.2) is 20.7 Å². The highest BCUT2D eigenvalue weighted by atomic mass is 19.1. The summed E-state index contributed by atoms with van der Waals surface area (Å²) in [5, 5.41) is 0.240. The second-order valence-electron chi connectivity index (χ2n) is 5.92. The molecule has 0 N–H and O–H groups in total. The van der Waals surface area contributed by atoms with Crippen LogP contribution in [0.1, 0.15) is 25.0 Å². The lowest BCUT2D eigenvalue weighted by Gasteiger charge is -2.15. The van der Waals surface area contributed by atoms with Crippen LogP contribution in [0.2, 0.25) is 0 Å². The molecule has 2 heterocycles. The Balaban J connectivity index is 2.34. The number of hydrogen-bond acceptors (Lipinski definition) is 4. The van der Waals surface area contributed by atoms with Crippen LogP contribution in [0.25, 0.3) is 11.0 Å². The third kappa shape index (κ3) is 2.89. The van der Waals surface area contributed by atoms with Gasteiger partial charge in [-0.1, -0.05) is 25.1 Å². The fraction of sp³-hybridized carbons (Fsp3) is 0.316. The van der Waals surface area contributed by atoms with E-state index in [9.17, 15) is 14.0 Å². The minimum atomic E-state index is -0.551. The predicted molar refractivity (Wildman–Crippen MR) is 97.3 cm³/mol. The van der Waals surface area contributed by atoms with Gasteiger partial charge in [0.05, 0.1) is 13.2 Å². The van der Waals surface area contributed by atoms with Crippen LogP contribution >= 0.6 is 0 Å². The van der Waals surface area contributed by atoms with Crippen molar-refractivity contribution in [2.75, 3.05) is 6.61 Å². The molecule has 0 amide bonds. The van der Waals surface area contributed by atoms with Gasteiger partial charge in [0, 0.05) is 24.4 Å². The summed E-state index contributed by atoms with van der Waals surface area (Å²) in [4.78, 5) is 30.0. The maximum absolute atomic E-state index is 14.0. The average molecular weight is 357 g/mol. The van der Waals surface area contributed by atoms with Crippen molar-refractivity contribution >= 4 is 11.0 Å². The zero-order chi connectivity index (χ0) is 18.8. The van der Waals surface area contributed by atoms with E-state index in [0.717, 1.165) is 10.1 Å². The Morgan fingerprint density at radius 3 is 2.54 bits per heavy atom. The van der Waals surface area contributed by atoms with Crippen molar-refractivity contribution in [2.24, 2.45) is 7.05 Å². The monoisotopic (exact) mass is 357 g/mol. The number of benzene rings is 1. The third-order valence-corrected chi connectivity index (χ3v) is 4.34. The Labute approximate surface area is 149 Å². The van der Waals surface area contributed by atoms with E-state index in [1.807, 2.05) is 13.8 Å². The normalized spacial score (nSPS) is 11.1. The van der Waals surface area contributed by atoms with Gasteiger partial charge in [0.15, 0.2) is 5.65 Å². The minimum absolute atomic E-state index is 0.157. The lowest BCUT2D eigenvalue weighted by atomic mass is 10.1. The number of aromatic nitrogens is 3. The minimum Gasteiger partial charge on any atom is -0.493 e. The molecule has 3 rings (SSSR count). The molecule has 1 aromatic carbocycles. The molecule has 0 aliphatic rings. The van der Waals surface area contributed by atoms with Crippen LogP contribution in [0.5, 0.6) is 5.75 Å². The third-order valence-electron chi connectivity index (χ3n) is 4.34. The molecule has 26 heavy (non-hydrogen) atoms. The molecule has 0 atom stereocenters. The predicted octanol–water partition coefficient (Wildman–Crippen LogP) is 2.24. The highest BCUT2D eigenvalue weighted by Gasteiger charge is 2.19. The van der Waals surface area contributed by atoms with Gasteiger partial charge in [0.25, 0.3) is 5.56 Å². The molecular weight excluding hydrogens is 337 g/mol. The van der Waals surface area contributed by atoms with E-state index < -0.39 is 17.1 Å². The molecule has 6 nitrogen and oxygen atoms in total. The average Bonchev–Trinajstić information content (AvgIpc) is 2.64. The Kier molecular flexibility index (Phi) is 4.88. The summed E-state index contributed by atoms with van der Waals surface area (Å²) >= 11 is 0. The zero-order valence-corrected chi connectivity index (χ0v) is 15.0. The van der Waals surface area contributed by atoms with Gasteiger partial charge in [-0.2, -0.15) is 0 Å². The van der Waals surface area contributed by atoms with Gasteiger partial charge in [-0.05, 0) is 19.4 Å². The number of fused-ring (bicyclic) bond motifs is 1. The maximum atomic E-state index is 14.0. The standard InChI is InChI=1S/C19H20FN3O3/c1-4-12-10-21-17-15(16(12)26-5-2)18(24)23(19(25)22(17)3)11-13-8-6-7-9-14(13)20/h6-10H,4-5,11H2,1-3H3. The van der Waals surface area contributed by atoms with Crippen molar-refractivity contribution in [3.05, 3.63) is 68.2 Å². The number of aryl methyl sites for hydroxylation is 2.